The van der Waals surface area contributed by atoms with Crippen molar-refractivity contribution in [3.8, 4) is 0 Å². The average Bonchev–Trinajstić information content (AvgIpc) is 2.70. The summed E-state index contributed by atoms with van der Waals surface area (Å²) in [5.74, 6) is 0.211. The van der Waals surface area contributed by atoms with Gasteiger partial charge in [-0.25, -0.2) is 0 Å². The second kappa shape index (κ2) is 6.89. The topological polar surface area (TPSA) is 46.6 Å². The minimum atomic E-state index is -0.121. The number of esters is 1. The molecule has 152 valence electrons. The molecule has 2 fully saturated rings. The van der Waals surface area contributed by atoms with Crippen LogP contribution in [0.15, 0.2) is 24.3 Å². The number of methoxy groups -OCH3 is 1. The van der Waals surface area contributed by atoms with E-state index in [1.807, 2.05) is 0 Å². The first-order chi connectivity index (χ1) is 13.3. The Morgan fingerprint density at radius 1 is 1.04 bits per heavy atom. The number of fused-ring (bicyclic) bond motifs is 4. The van der Waals surface area contributed by atoms with Crippen molar-refractivity contribution in [1.82, 2.24) is 4.90 Å². The molecule has 4 rings (SSSR count). The molecule has 0 N–H and O–H groups in total. The molecular formula is C24H33NO3. The fraction of sp³-hybridized carbons (Fsp3) is 0.667. The van der Waals surface area contributed by atoms with Crippen LogP contribution >= 0.6 is 0 Å². The molecule has 1 aromatic rings. The van der Waals surface area contributed by atoms with Gasteiger partial charge in [-0.15, -0.1) is 0 Å². The van der Waals surface area contributed by atoms with Crippen LogP contribution in [-0.2, 0) is 26.2 Å². The second-order valence-electron chi connectivity index (χ2n) is 9.78. The van der Waals surface area contributed by atoms with Gasteiger partial charge in [0.1, 0.15) is 0 Å². The maximum atomic E-state index is 13.5. The van der Waals surface area contributed by atoms with Gasteiger partial charge in [0.2, 0.25) is 5.91 Å². The van der Waals surface area contributed by atoms with E-state index in [1.165, 1.54) is 18.2 Å². The maximum Gasteiger partial charge on any atom is 0.308 e. The zero-order chi connectivity index (χ0) is 20.1. The third kappa shape index (κ3) is 2.79. The molecule has 1 amide bonds. The number of hydrogen-bond donors (Lipinski definition) is 0. The third-order valence-corrected chi connectivity index (χ3v) is 8.40. The summed E-state index contributed by atoms with van der Waals surface area (Å²) < 4.78 is 4.89. The molecule has 3 aliphatic rings. The molecule has 0 radical (unpaired) electrons. The highest BCUT2D eigenvalue weighted by molar-refractivity contribution is 5.80. The lowest BCUT2D eigenvalue weighted by Crippen LogP contribution is -2.65. The summed E-state index contributed by atoms with van der Waals surface area (Å²) in [5.41, 5.74) is 3.02. The summed E-state index contributed by atoms with van der Waals surface area (Å²) in [7, 11) is 1.45. The second-order valence-corrected chi connectivity index (χ2v) is 9.78. The number of benzene rings is 1. The predicted octanol–water partition coefficient (Wildman–Crippen LogP) is 4.11. The number of ether oxygens (including phenoxy) is 1. The lowest BCUT2D eigenvalue weighted by atomic mass is 9.51. The Bertz CT molecular complexity index is 778. The Hall–Kier alpha value is -1.84. The molecule has 2 bridgehead atoms. The normalized spacial score (nSPS) is 33.7. The zero-order valence-corrected chi connectivity index (χ0v) is 17.7. The molecule has 0 spiro atoms. The highest BCUT2D eigenvalue weighted by atomic mass is 16.5. The van der Waals surface area contributed by atoms with Crippen molar-refractivity contribution in [2.75, 3.05) is 13.7 Å². The number of carbonyl (C=O) groups is 2. The van der Waals surface area contributed by atoms with Gasteiger partial charge in [-0.2, -0.15) is 0 Å². The van der Waals surface area contributed by atoms with Gasteiger partial charge in [0.05, 0.1) is 13.0 Å². The van der Waals surface area contributed by atoms with Crippen molar-refractivity contribution >= 4 is 11.9 Å². The number of amides is 1. The molecule has 2 aliphatic carbocycles. The quantitative estimate of drug-likeness (QED) is 0.722. The minimum Gasteiger partial charge on any atom is -0.469 e. The van der Waals surface area contributed by atoms with E-state index in [-0.39, 0.29) is 34.7 Å². The summed E-state index contributed by atoms with van der Waals surface area (Å²) in [4.78, 5) is 27.5. The van der Waals surface area contributed by atoms with E-state index >= 15 is 0 Å². The van der Waals surface area contributed by atoms with Crippen molar-refractivity contribution in [3.05, 3.63) is 35.4 Å². The summed E-state index contributed by atoms with van der Waals surface area (Å²) in [6.45, 7) is 7.93. The van der Waals surface area contributed by atoms with E-state index in [2.05, 4.69) is 49.9 Å². The summed E-state index contributed by atoms with van der Waals surface area (Å²) in [6, 6.07) is 9.05. The smallest absolute Gasteiger partial charge is 0.308 e. The Labute approximate surface area is 168 Å². The van der Waals surface area contributed by atoms with Gasteiger partial charge in [-0.3, -0.25) is 9.59 Å². The van der Waals surface area contributed by atoms with E-state index in [0.717, 1.165) is 45.1 Å². The van der Waals surface area contributed by atoms with Gasteiger partial charge in [-0.05, 0) is 55.1 Å². The lowest BCUT2D eigenvalue weighted by Gasteiger charge is -2.61. The molecule has 1 aliphatic heterocycles. The SMILES string of the molecule is COC(=O)[C@H]1CC[C@@H](C(=O)N2CC[C@@]3(C)c4ccccc4C[C@@H]2C3(C)C)CC1. The van der Waals surface area contributed by atoms with Crippen molar-refractivity contribution in [2.24, 2.45) is 17.3 Å². The fourth-order valence-corrected chi connectivity index (χ4v) is 6.11. The Balaban J connectivity index is 1.55. The first-order valence-corrected chi connectivity index (χ1v) is 10.8. The van der Waals surface area contributed by atoms with E-state index in [1.54, 1.807) is 0 Å². The number of hydrogen-bond acceptors (Lipinski definition) is 3. The molecule has 2 atom stereocenters. The first kappa shape index (κ1) is 19.5. The number of likely N-dealkylation sites (tertiary alicyclic amines) is 1. The Morgan fingerprint density at radius 2 is 1.68 bits per heavy atom. The number of carbonyl (C=O) groups excluding carboxylic acids is 2. The standard InChI is InChI=1S/C24H33NO3/c1-23(2)20-15-18-7-5-6-8-19(18)24(23,3)13-14-25(20)21(26)16-9-11-17(12-10-16)22(27)28-4/h5-8,16-17,20H,9-15H2,1-4H3/t16-,17+,20-,24+/m1/s1. The van der Waals surface area contributed by atoms with Gasteiger partial charge in [-0.1, -0.05) is 45.0 Å². The van der Waals surface area contributed by atoms with Crippen LogP contribution in [0, 0.1) is 17.3 Å². The first-order valence-electron chi connectivity index (χ1n) is 10.8. The van der Waals surface area contributed by atoms with Gasteiger partial charge in [0.15, 0.2) is 0 Å². The molecule has 1 saturated heterocycles. The van der Waals surface area contributed by atoms with Crippen molar-refractivity contribution in [3.63, 3.8) is 0 Å². The van der Waals surface area contributed by atoms with Crippen LogP contribution in [0.5, 0.6) is 0 Å². The van der Waals surface area contributed by atoms with Gasteiger partial charge < -0.3 is 9.64 Å². The third-order valence-electron chi connectivity index (χ3n) is 8.40. The highest BCUT2D eigenvalue weighted by Gasteiger charge is 2.57. The van der Waals surface area contributed by atoms with E-state index < -0.39 is 0 Å². The van der Waals surface area contributed by atoms with Crippen molar-refractivity contribution < 1.29 is 14.3 Å². The Morgan fingerprint density at radius 3 is 2.36 bits per heavy atom. The molecular weight excluding hydrogens is 350 g/mol. The zero-order valence-electron chi connectivity index (χ0n) is 17.7. The largest absolute Gasteiger partial charge is 0.469 e. The molecule has 4 heteroatoms. The molecule has 1 aromatic carbocycles. The number of rotatable bonds is 2. The van der Waals surface area contributed by atoms with Crippen LogP contribution in [-0.4, -0.2) is 36.5 Å². The number of nitrogens with zero attached hydrogens (tertiary/aromatic N) is 1. The highest BCUT2D eigenvalue weighted by Crippen LogP contribution is 2.56. The van der Waals surface area contributed by atoms with Crippen molar-refractivity contribution in [1.29, 1.82) is 0 Å². The summed E-state index contributed by atoms with van der Waals surface area (Å²) in [5, 5.41) is 0. The maximum absolute atomic E-state index is 13.5. The molecule has 0 unspecified atom stereocenters. The van der Waals surface area contributed by atoms with Crippen LogP contribution in [0.1, 0.15) is 64.0 Å². The van der Waals surface area contributed by atoms with E-state index in [9.17, 15) is 9.59 Å². The van der Waals surface area contributed by atoms with Crippen LogP contribution < -0.4 is 0 Å². The molecule has 1 saturated carbocycles. The average molecular weight is 384 g/mol. The Kier molecular flexibility index (Phi) is 4.79. The fourth-order valence-electron chi connectivity index (χ4n) is 6.11. The molecule has 1 heterocycles. The van der Waals surface area contributed by atoms with Crippen LogP contribution in [0.4, 0.5) is 0 Å². The van der Waals surface area contributed by atoms with Gasteiger partial charge in [0.25, 0.3) is 0 Å². The lowest BCUT2D eigenvalue weighted by molar-refractivity contribution is -0.153. The van der Waals surface area contributed by atoms with Gasteiger partial charge >= 0.3 is 5.97 Å². The number of piperidine rings is 1. The summed E-state index contributed by atoms with van der Waals surface area (Å²) in [6.07, 6.45) is 5.10. The summed E-state index contributed by atoms with van der Waals surface area (Å²) >= 11 is 0. The van der Waals surface area contributed by atoms with Crippen LogP contribution in [0.25, 0.3) is 0 Å². The van der Waals surface area contributed by atoms with E-state index in [0.29, 0.717) is 5.91 Å². The predicted molar refractivity (Wildman–Crippen MR) is 109 cm³/mol. The molecule has 0 aromatic heterocycles. The van der Waals surface area contributed by atoms with E-state index in [4.69, 9.17) is 4.74 Å². The van der Waals surface area contributed by atoms with Gasteiger partial charge in [0, 0.05) is 23.9 Å². The minimum absolute atomic E-state index is 0.0308. The molecule has 4 nitrogen and oxygen atoms in total. The monoisotopic (exact) mass is 383 g/mol. The van der Waals surface area contributed by atoms with Crippen LogP contribution in [0.2, 0.25) is 0 Å². The van der Waals surface area contributed by atoms with Crippen LogP contribution in [0.3, 0.4) is 0 Å². The molecule has 28 heavy (non-hydrogen) atoms. The van der Waals surface area contributed by atoms with Crippen molar-refractivity contribution in [2.45, 2.75) is 70.8 Å².